The number of aliphatic hydroxyl groups is 1. The third kappa shape index (κ3) is 3.27. The quantitative estimate of drug-likeness (QED) is 0.413. The number of benzene rings is 3. The normalized spacial score (nSPS) is 18.1. The Balaban J connectivity index is 1.93. The van der Waals surface area contributed by atoms with Crippen molar-refractivity contribution >= 4 is 23.1 Å². The van der Waals surface area contributed by atoms with Crippen LogP contribution in [-0.2, 0) is 9.59 Å². The van der Waals surface area contributed by atoms with Gasteiger partial charge in [-0.25, -0.2) is 0 Å². The maximum absolute atomic E-state index is 13.0. The standard InChI is InChI=1S/C24H19NO4/c1-29-19-14-12-16(13-15-19)21-20(22(26)17-8-4-2-5-9-17)23(27)24(28)25(21)18-10-6-3-7-11-18/h2-15,21,26H,1H3/t21-/m0/s1. The van der Waals surface area contributed by atoms with Crippen LogP contribution >= 0.6 is 0 Å². The number of hydrogen-bond donors (Lipinski definition) is 1. The minimum absolute atomic E-state index is 0.0650. The van der Waals surface area contributed by atoms with Crippen molar-refractivity contribution in [3.8, 4) is 5.75 Å². The minimum atomic E-state index is -0.747. The summed E-state index contributed by atoms with van der Waals surface area (Å²) in [7, 11) is 1.57. The van der Waals surface area contributed by atoms with E-state index in [2.05, 4.69) is 0 Å². The van der Waals surface area contributed by atoms with Gasteiger partial charge < -0.3 is 9.84 Å². The lowest BCUT2D eigenvalue weighted by atomic mass is 9.95. The summed E-state index contributed by atoms with van der Waals surface area (Å²) in [4.78, 5) is 27.4. The van der Waals surface area contributed by atoms with Crippen LogP contribution in [0.4, 0.5) is 5.69 Å². The molecular weight excluding hydrogens is 366 g/mol. The Kier molecular flexibility index (Phi) is 4.87. The predicted molar refractivity (Wildman–Crippen MR) is 111 cm³/mol. The topological polar surface area (TPSA) is 66.8 Å². The Labute approximate surface area is 168 Å². The van der Waals surface area contributed by atoms with Gasteiger partial charge in [0.2, 0.25) is 0 Å². The largest absolute Gasteiger partial charge is 0.507 e. The van der Waals surface area contributed by atoms with Gasteiger partial charge in [0, 0.05) is 11.3 Å². The SMILES string of the molecule is COc1ccc([C@H]2C(=C(O)c3ccccc3)C(=O)C(=O)N2c2ccccc2)cc1. The molecule has 0 unspecified atom stereocenters. The zero-order valence-electron chi connectivity index (χ0n) is 15.8. The molecule has 144 valence electrons. The van der Waals surface area contributed by atoms with E-state index in [-0.39, 0.29) is 11.3 Å². The second kappa shape index (κ2) is 7.64. The number of carbonyl (C=O) groups excluding carboxylic acids is 2. The Hall–Kier alpha value is -3.86. The molecule has 0 bridgehead atoms. The molecule has 0 aliphatic carbocycles. The fourth-order valence-electron chi connectivity index (χ4n) is 3.54. The number of nitrogens with zero attached hydrogens (tertiary/aromatic N) is 1. The van der Waals surface area contributed by atoms with Crippen molar-refractivity contribution in [2.24, 2.45) is 0 Å². The van der Waals surface area contributed by atoms with Gasteiger partial charge in [0.15, 0.2) is 0 Å². The van der Waals surface area contributed by atoms with E-state index in [4.69, 9.17) is 4.74 Å². The molecule has 1 atom stereocenters. The van der Waals surface area contributed by atoms with Gasteiger partial charge in [-0.2, -0.15) is 0 Å². The molecule has 3 aromatic rings. The number of aliphatic hydroxyl groups excluding tert-OH is 1. The molecule has 1 heterocycles. The summed E-state index contributed by atoms with van der Waals surface area (Å²) in [5.74, 6) is -0.915. The molecule has 0 radical (unpaired) electrons. The fourth-order valence-corrected chi connectivity index (χ4v) is 3.54. The van der Waals surface area contributed by atoms with Crippen LogP contribution in [0.15, 0.2) is 90.5 Å². The molecule has 0 spiro atoms. The smallest absolute Gasteiger partial charge is 0.300 e. The van der Waals surface area contributed by atoms with Gasteiger partial charge in [-0.05, 0) is 29.8 Å². The summed E-state index contributed by atoms with van der Waals surface area (Å²) in [5, 5.41) is 11.0. The Morgan fingerprint density at radius 2 is 1.45 bits per heavy atom. The zero-order valence-corrected chi connectivity index (χ0v) is 15.8. The number of carbonyl (C=O) groups is 2. The molecule has 5 nitrogen and oxygen atoms in total. The molecular formula is C24H19NO4. The first-order chi connectivity index (χ1) is 14.1. The number of rotatable bonds is 4. The Bertz CT molecular complexity index is 1070. The maximum atomic E-state index is 13.0. The Morgan fingerprint density at radius 3 is 2.03 bits per heavy atom. The van der Waals surface area contributed by atoms with E-state index < -0.39 is 17.7 Å². The van der Waals surface area contributed by atoms with Gasteiger partial charge in [0.25, 0.3) is 11.7 Å². The van der Waals surface area contributed by atoms with Crippen molar-refractivity contribution in [1.29, 1.82) is 0 Å². The van der Waals surface area contributed by atoms with E-state index in [0.717, 1.165) is 0 Å². The molecule has 1 aliphatic heterocycles. The average molecular weight is 385 g/mol. The lowest BCUT2D eigenvalue weighted by Crippen LogP contribution is -2.29. The highest BCUT2D eigenvalue weighted by Crippen LogP contribution is 2.42. The van der Waals surface area contributed by atoms with Crippen molar-refractivity contribution in [2.75, 3.05) is 12.0 Å². The maximum Gasteiger partial charge on any atom is 0.300 e. The highest BCUT2D eigenvalue weighted by atomic mass is 16.5. The summed E-state index contributed by atoms with van der Waals surface area (Å²) in [6.45, 7) is 0. The first-order valence-electron chi connectivity index (χ1n) is 9.17. The van der Waals surface area contributed by atoms with Gasteiger partial charge in [-0.1, -0.05) is 60.7 Å². The first kappa shape index (κ1) is 18.5. The highest BCUT2D eigenvalue weighted by molar-refractivity contribution is 6.51. The van der Waals surface area contributed by atoms with E-state index in [0.29, 0.717) is 22.6 Å². The van der Waals surface area contributed by atoms with Gasteiger partial charge in [-0.15, -0.1) is 0 Å². The second-order valence-electron chi connectivity index (χ2n) is 6.64. The van der Waals surface area contributed by atoms with Crippen molar-refractivity contribution in [3.63, 3.8) is 0 Å². The van der Waals surface area contributed by atoms with Crippen LogP contribution in [0.2, 0.25) is 0 Å². The van der Waals surface area contributed by atoms with Crippen molar-refractivity contribution in [1.82, 2.24) is 0 Å². The van der Waals surface area contributed by atoms with Gasteiger partial charge in [0.05, 0.1) is 18.7 Å². The molecule has 0 saturated carbocycles. The number of ketones is 1. The molecule has 5 heteroatoms. The number of hydrogen-bond acceptors (Lipinski definition) is 4. The van der Waals surface area contributed by atoms with Crippen LogP contribution in [0.25, 0.3) is 5.76 Å². The lowest BCUT2D eigenvalue weighted by Gasteiger charge is -2.25. The Morgan fingerprint density at radius 1 is 0.862 bits per heavy atom. The van der Waals surface area contributed by atoms with E-state index in [9.17, 15) is 14.7 Å². The van der Waals surface area contributed by atoms with E-state index in [1.807, 2.05) is 12.1 Å². The highest BCUT2D eigenvalue weighted by Gasteiger charge is 2.46. The lowest BCUT2D eigenvalue weighted by molar-refractivity contribution is -0.132. The summed E-state index contributed by atoms with van der Waals surface area (Å²) in [5.41, 5.74) is 1.83. The van der Waals surface area contributed by atoms with E-state index >= 15 is 0 Å². The summed E-state index contributed by atoms with van der Waals surface area (Å²) in [6, 6.07) is 24.1. The third-order valence-corrected chi connectivity index (χ3v) is 4.96. The second-order valence-corrected chi connectivity index (χ2v) is 6.64. The first-order valence-corrected chi connectivity index (χ1v) is 9.17. The summed E-state index contributed by atoms with van der Waals surface area (Å²) >= 11 is 0. The van der Waals surface area contributed by atoms with E-state index in [1.54, 1.807) is 79.9 Å². The molecule has 1 saturated heterocycles. The molecule has 29 heavy (non-hydrogen) atoms. The van der Waals surface area contributed by atoms with Crippen LogP contribution < -0.4 is 9.64 Å². The van der Waals surface area contributed by atoms with Crippen LogP contribution in [0.1, 0.15) is 17.2 Å². The van der Waals surface area contributed by atoms with Crippen LogP contribution in [0.3, 0.4) is 0 Å². The van der Waals surface area contributed by atoms with Crippen LogP contribution in [0.5, 0.6) is 5.75 Å². The summed E-state index contributed by atoms with van der Waals surface area (Å²) in [6.07, 6.45) is 0. The van der Waals surface area contributed by atoms with Gasteiger partial charge in [0.1, 0.15) is 11.5 Å². The predicted octanol–water partition coefficient (Wildman–Crippen LogP) is 4.32. The van der Waals surface area contributed by atoms with Gasteiger partial charge in [-0.3, -0.25) is 14.5 Å². The zero-order chi connectivity index (χ0) is 20.4. The molecule has 0 aromatic heterocycles. The van der Waals surface area contributed by atoms with Crippen LogP contribution in [0, 0.1) is 0 Å². The number of para-hydroxylation sites is 1. The minimum Gasteiger partial charge on any atom is -0.507 e. The number of amides is 1. The van der Waals surface area contributed by atoms with Gasteiger partial charge >= 0.3 is 0 Å². The average Bonchev–Trinajstić information content (AvgIpc) is 3.05. The van der Waals surface area contributed by atoms with Crippen molar-refractivity contribution < 1.29 is 19.4 Å². The van der Waals surface area contributed by atoms with Crippen molar-refractivity contribution in [3.05, 3.63) is 102 Å². The van der Waals surface area contributed by atoms with Crippen LogP contribution in [-0.4, -0.2) is 23.9 Å². The fraction of sp³-hybridized carbons (Fsp3) is 0.0833. The van der Waals surface area contributed by atoms with Crippen molar-refractivity contribution in [2.45, 2.75) is 6.04 Å². The number of Topliss-reactive ketones (excluding diaryl/α,β-unsaturated/α-hetero) is 1. The molecule has 4 rings (SSSR count). The molecule has 1 N–H and O–H groups in total. The molecule has 1 amide bonds. The van der Waals surface area contributed by atoms with E-state index in [1.165, 1.54) is 4.90 Å². The third-order valence-electron chi connectivity index (χ3n) is 4.96. The molecule has 3 aromatic carbocycles. The number of anilines is 1. The number of methoxy groups -OCH3 is 1. The molecule has 1 fully saturated rings. The summed E-state index contributed by atoms with van der Waals surface area (Å²) < 4.78 is 5.22. The molecule has 1 aliphatic rings. The monoisotopic (exact) mass is 385 g/mol. The number of ether oxygens (including phenoxy) is 1.